The maximum absolute atomic E-state index is 6.01. The second-order valence-electron chi connectivity index (χ2n) is 4.42. The number of nitrogens with zero attached hydrogens (tertiary/aromatic N) is 3. The van der Waals surface area contributed by atoms with Crippen LogP contribution in [0.2, 0.25) is 5.02 Å². The summed E-state index contributed by atoms with van der Waals surface area (Å²) in [5, 5.41) is 5.10. The van der Waals surface area contributed by atoms with E-state index in [1.165, 1.54) is 0 Å². The molecule has 0 radical (unpaired) electrons. The van der Waals surface area contributed by atoms with Crippen LogP contribution in [0.3, 0.4) is 0 Å². The van der Waals surface area contributed by atoms with Crippen LogP contribution < -0.4 is 10.6 Å². The zero-order chi connectivity index (χ0) is 13.3. The minimum Gasteiger partial charge on any atom is -0.394 e. The molecule has 1 atom stereocenters. The molecule has 0 spiro atoms. The molecule has 1 heterocycles. The average Bonchev–Trinajstić information content (AvgIpc) is 2.66. The van der Waals surface area contributed by atoms with Crippen LogP contribution in [0.15, 0.2) is 30.5 Å². The normalized spacial score (nSPS) is 12.4. The van der Waals surface area contributed by atoms with Crippen LogP contribution in [0.4, 0.5) is 11.5 Å². The first kappa shape index (κ1) is 12.8. The number of nitrogen functional groups attached to an aromatic ring is 1. The Morgan fingerprint density at radius 3 is 2.72 bits per heavy atom. The Hall–Kier alpha value is -1.68. The molecule has 2 aromatic rings. The summed E-state index contributed by atoms with van der Waals surface area (Å²) < 4.78 is 1.71. The highest BCUT2D eigenvalue weighted by Gasteiger charge is 2.17. The number of aryl methyl sites for hydroxylation is 1. The molecule has 2 N–H and O–H groups in total. The Bertz CT molecular complexity index is 550. The maximum atomic E-state index is 6.01. The van der Waals surface area contributed by atoms with E-state index in [9.17, 15) is 0 Å². The van der Waals surface area contributed by atoms with Gasteiger partial charge >= 0.3 is 0 Å². The predicted molar refractivity (Wildman–Crippen MR) is 75.9 cm³/mol. The zero-order valence-corrected chi connectivity index (χ0v) is 11.5. The first-order valence-electron chi connectivity index (χ1n) is 5.76. The lowest BCUT2D eigenvalue weighted by Crippen LogP contribution is -2.23. The van der Waals surface area contributed by atoms with Crippen molar-refractivity contribution in [1.29, 1.82) is 0 Å². The molecule has 0 amide bonds. The van der Waals surface area contributed by atoms with Gasteiger partial charge in [-0.05, 0) is 24.6 Å². The molecule has 18 heavy (non-hydrogen) atoms. The van der Waals surface area contributed by atoms with Gasteiger partial charge < -0.3 is 10.6 Å². The highest BCUT2D eigenvalue weighted by molar-refractivity contribution is 6.30. The quantitative estimate of drug-likeness (QED) is 0.927. The Morgan fingerprint density at radius 1 is 1.44 bits per heavy atom. The van der Waals surface area contributed by atoms with E-state index in [1.54, 1.807) is 10.9 Å². The minimum atomic E-state index is 0.154. The van der Waals surface area contributed by atoms with Crippen molar-refractivity contribution in [2.75, 3.05) is 17.7 Å². The van der Waals surface area contributed by atoms with Crippen LogP contribution >= 0.6 is 11.6 Å². The second kappa shape index (κ2) is 4.90. The summed E-state index contributed by atoms with van der Waals surface area (Å²) in [5.41, 5.74) is 7.75. The summed E-state index contributed by atoms with van der Waals surface area (Å²) in [4.78, 5) is 2.04. The summed E-state index contributed by atoms with van der Waals surface area (Å²) in [5.74, 6) is 0.782. The fourth-order valence-electron chi connectivity index (χ4n) is 1.94. The third kappa shape index (κ3) is 2.43. The summed E-state index contributed by atoms with van der Waals surface area (Å²) in [6, 6.07) is 7.98. The SMILES string of the molecule is CC(c1cccc(Cl)c1)N(C)c1nn(C)cc1N. The first-order chi connectivity index (χ1) is 8.49. The summed E-state index contributed by atoms with van der Waals surface area (Å²) >= 11 is 6.01. The van der Waals surface area contributed by atoms with Crippen molar-refractivity contribution in [3.8, 4) is 0 Å². The van der Waals surface area contributed by atoms with Crippen molar-refractivity contribution in [3.63, 3.8) is 0 Å². The van der Waals surface area contributed by atoms with Gasteiger partial charge in [-0.1, -0.05) is 23.7 Å². The number of nitrogens with two attached hydrogens (primary N) is 1. The minimum absolute atomic E-state index is 0.154. The highest BCUT2D eigenvalue weighted by atomic mass is 35.5. The molecule has 0 fully saturated rings. The first-order valence-corrected chi connectivity index (χ1v) is 6.14. The molecule has 0 bridgehead atoms. The lowest BCUT2D eigenvalue weighted by atomic mass is 10.1. The molecule has 1 aromatic carbocycles. The van der Waals surface area contributed by atoms with Crippen LogP contribution in [-0.2, 0) is 7.05 Å². The number of hydrogen-bond donors (Lipinski definition) is 1. The van der Waals surface area contributed by atoms with Gasteiger partial charge in [0.15, 0.2) is 5.82 Å². The van der Waals surface area contributed by atoms with Gasteiger partial charge in [-0.2, -0.15) is 5.10 Å². The summed E-state index contributed by atoms with van der Waals surface area (Å²) in [7, 11) is 3.84. The van der Waals surface area contributed by atoms with Crippen molar-refractivity contribution in [1.82, 2.24) is 9.78 Å². The van der Waals surface area contributed by atoms with Crippen molar-refractivity contribution in [2.24, 2.45) is 7.05 Å². The van der Waals surface area contributed by atoms with Gasteiger partial charge in [-0.15, -0.1) is 0 Å². The van der Waals surface area contributed by atoms with E-state index < -0.39 is 0 Å². The Balaban J connectivity index is 2.28. The average molecular weight is 265 g/mol. The number of benzene rings is 1. The molecule has 1 aromatic heterocycles. The van der Waals surface area contributed by atoms with Gasteiger partial charge in [0.25, 0.3) is 0 Å². The Morgan fingerprint density at radius 2 is 2.17 bits per heavy atom. The molecule has 1 unspecified atom stereocenters. The number of rotatable bonds is 3. The van der Waals surface area contributed by atoms with E-state index in [-0.39, 0.29) is 6.04 Å². The molecule has 0 aliphatic carbocycles. The van der Waals surface area contributed by atoms with Gasteiger partial charge in [0.1, 0.15) is 0 Å². The molecule has 0 aliphatic rings. The van der Waals surface area contributed by atoms with Gasteiger partial charge in [0.05, 0.1) is 11.7 Å². The highest BCUT2D eigenvalue weighted by Crippen LogP contribution is 2.29. The smallest absolute Gasteiger partial charge is 0.174 e. The fraction of sp³-hybridized carbons (Fsp3) is 0.308. The summed E-state index contributed by atoms with van der Waals surface area (Å²) in [6.07, 6.45) is 1.80. The molecule has 4 nitrogen and oxygen atoms in total. The number of anilines is 2. The van der Waals surface area contributed by atoms with Crippen LogP contribution in [0.25, 0.3) is 0 Å². The summed E-state index contributed by atoms with van der Waals surface area (Å²) in [6.45, 7) is 2.10. The molecular formula is C13H17ClN4. The van der Waals surface area contributed by atoms with Crippen LogP contribution in [-0.4, -0.2) is 16.8 Å². The monoisotopic (exact) mass is 264 g/mol. The second-order valence-corrected chi connectivity index (χ2v) is 4.86. The molecular weight excluding hydrogens is 248 g/mol. The molecule has 0 saturated carbocycles. The molecule has 5 heteroatoms. The van der Waals surface area contributed by atoms with Crippen molar-refractivity contribution in [2.45, 2.75) is 13.0 Å². The maximum Gasteiger partial charge on any atom is 0.174 e. The van der Waals surface area contributed by atoms with Gasteiger partial charge in [-0.25, -0.2) is 0 Å². The zero-order valence-electron chi connectivity index (χ0n) is 10.8. The number of halogens is 1. The predicted octanol–water partition coefficient (Wildman–Crippen LogP) is 2.85. The van der Waals surface area contributed by atoms with Gasteiger partial charge in [0.2, 0.25) is 0 Å². The Kier molecular flexibility index (Phi) is 3.48. The third-order valence-corrected chi connectivity index (χ3v) is 3.32. The topological polar surface area (TPSA) is 47.1 Å². The van der Waals surface area contributed by atoms with Crippen LogP contribution in [0.1, 0.15) is 18.5 Å². The van der Waals surface area contributed by atoms with E-state index in [0.717, 1.165) is 16.4 Å². The van der Waals surface area contributed by atoms with Crippen LogP contribution in [0, 0.1) is 0 Å². The Labute approximate surface area is 112 Å². The van der Waals surface area contributed by atoms with E-state index in [2.05, 4.69) is 12.0 Å². The lowest BCUT2D eigenvalue weighted by Gasteiger charge is -2.25. The largest absolute Gasteiger partial charge is 0.394 e. The molecule has 0 aliphatic heterocycles. The van der Waals surface area contributed by atoms with Crippen molar-refractivity contribution < 1.29 is 0 Å². The van der Waals surface area contributed by atoms with Crippen molar-refractivity contribution >= 4 is 23.1 Å². The van der Waals surface area contributed by atoms with Crippen molar-refractivity contribution in [3.05, 3.63) is 41.0 Å². The molecule has 2 rings (SSSR count). The van der Waals surface area contributed by atoms with E-state index in [1.807, 2.05) is 43.3 Å². The van der Waals surface area contributed by atoms with Crippen LogP contribution in [0.5, 0.6) is 0 Å². The lowest BCUT2D eigenvalue weighted by molar-refractivity contribution is 0.700. The van der Waals surface area contributed by atoms with E-state index >= 15 is 0 Å². The van der Waals surface area contributed by atoms with E-state index in [0.29, 0.717) is 5.69 Å². The molecule has 96 valence electrons. The standard InChI is InChI=1S/C13H17ClN4/c1-9(10-5-4-6-11(14)7-10)18(3)13-12(15)8-17(2)16-13/h4-9H,15H2,1-3H3. The van der Waals surface area contributed by atoms with Gasteiger partial charge in [0, 0.05) is 25.3 Å². The fourth-order valence-corrected chi connectivity index (χ4v) is 2.14. The number of hydrogen-bond acceptors (Lipinski definition) is 3. The van der Waals surface area contributed by atoms with Gasteiger partial charge in [-0.3, -0.25) is 4.68 Å². The third-order valence-electron chi connectivity index (χ3n) is 3.08. The molecule has 0 saturated heterocycles. The number of aromatic nitrogens is 2. The van der Waals surface area contributed by atoms with E-state index in [4.69, 9.17) is 17.3 Å².